The Morgan fingerprint density at radius 2 is 1.57 bits per heavy atom. The summed E-state index contributed by atoms with van der Waals surface area (Å²) in [4.78, 5) is 63.1. The number of hydrogen-bond donors (Lipinski definition) is 4. The fraction of sp³-hybridized carbons (Fsp3) is 0.408. The highest BCUT2D eigenvalue weighted by molar-refractivity contribution is 6.05. The number of aromatic hydroxyl groups is 1. The zero-order chi connectivity index (χ0) is 43.6. The number of carbonyl (C=O) groups is 4. The number of fused-ring (bicyclic) bond motifs is 2. The zero-order valence-electron chi connectivity index (χ0n) is 35.1. The number of rotatable bonds is 10. The van der Waals surface area contributed by atoms with Crippen molar-refractivity contribution in [1.82, 2.24) is 15.1 Å². The summed E-state index contributed by atoms with van der Waals surface area (Å²) in [5.41, 5.74) is 12.6. The van der Waals surface area contributed by atoms with Crippen LogP contribution in [0.2, 0.25) is 0 Å². The molecule has 0 saturated carbocycles. The first-order valence-corrected chi connectivity index (χ1v) is 22.2. The minimum absolute atomic E-state index is 0.0220. The van der Waals surface area contributed by atoms with Gasteiger partial charge in [-0.1, -0.05) is 30.3 Å². The second kappa shape index (κ2) is 15.9. The molecule has 0 aromatic heterocycles. The van der Waals surface area contributed by atoms with Gasteiger partial charge in [-0.25, -0.2) is 4.39 Å². The number of phenolic OH excluding ortho intramolecular Hbond substituents is 1. The van der Waals surface area contributed by atoms with Crippen molar-refractivity contribution in [3.05, 3.63) is 107 Å². The van der Waals surface area contributed by atoms with Crippen LogP contribution < -0.4 is 20.9 Å². The third-order valence-electron chi connectivity index (χ3n) is 14.8. The number of nitrogens with one attached hydrogen (secondary N) is 1. The maximum Gasteiger partial charge on any atom is 0.320 e. The van der Waals surface area contributed by atoms with E-state index in [0.717, 1.165) is 86.7 Å². The first-order valence-electron chi connectivity index (χ1n) is 22.2. The number of anilines is 2. The number of imide groups is 1. The van der Waals surface area contributed by atoms with E-state index in [1.165, 1.54) is 25.0 Å². The molecule has 4 aromatic rings. The molecule has 63 heavy (non-hydrogen) atoms. The molecule has 3 atom stereocenters. The van der Waals surface area contributed by atoms with Gasteiger partial charge in [0.25, 0.3) is 5.91 Å². The van der Waals surface area contributed by atoms with Gasteiger partial charge in [0.1, 0.15) is 29.3 Å². The van der Waals surface area contributed by atoms with Crippen molar-refractivity contribution in [2.45, 2.75) is 69.0 Å². The molecule has 4 aromatic carbocycles. The van der Waals surface area contributed by atoms with Gasteiger partial charge in [0.05, 0.1) is 5.41 Å². The number of nitrogens with zero attached hydrogens (tertiary/aromatic N) is 5. The molecule has 0 bridgehead atoms. The molecule has 0 aliphatic carbocycles. The van der Waals surface area contributed by atoms with Gasteiger partial charge in [0.2, 0.25) is 11.8 Å². The molecule has 4 fully saturated rings. The van der Waals surface area contributed by atoms with Gasteiger partial charge in [0, 0.05) is 79.8 Å². The Morgan fingerprint density at radius 3 is 2.27 bits per heavy atom. The van der Waals surface area contributed by atoms with Crippen LogP contribution in [0.5, 0.6) is 5.75 Å². The van der Waals surface area contributed by atoms with Crippen molar-refractivity contribution in [2.24, 2.45) is 22.1 Å². The van der Waals surface area contributed by atoms with Crippen molar-refractivity contribution in [2.75, 3.05) is 55.6 Å². The van der Waals surface area contributed by atoms with Crippen molar-refractivity contribution in [3.8, 4) is 16.9 Å². The van der Waals surface area contributed by atoms with Crippen LogP contribution in [0.15, 0.2) is 83.9 Å². The third-order valence-corrected chi connectivity index (χ3v) is 14.8. The number of halogens is 1. The Balaban J connectivity index is 0.731. The van der Waals surface area contributed by atoms with Crippen LogP contribution in [0, 0.1) is 17.2 Å². The maximum atomic E-state index is 14.1. The molecule has 1 spiro atoms. The second-order valence-corrected chi connectivity index (χ2v) is 18.6. The van der Waals surface area contributed by atoms with Gasteiger partial charge in [-0.2, -0.15) is 0 Å². The number of carboxylic acids is 1. The van der Waals surface area contributed by atoms with Crippen molar-refractivity contribution in [1.29, 1.82) is 0 Å². The molecule has 4 saturated heterocycles. The van der Waals surface area contributed by atoms with E-state index in [2.05, 4.69) is 55.3 Å². The highest BCUT2D eigenvalue weighted by Gasteiger charge is 2.47. The van der Waals surface area contributed by atoms with Crippen LogP contribution in [-0.2, 0) is 26.3 Å². The lowest BCUT2D eigenvalue weighted by molar-refractivity contribution is -0.139. The number of carbonyl (C=O) groups excluding carboxylic acids is 3. The Hall–Kier alpha value is -6.12. The molecule has 10 rings (SSSR count). The van der Waals surface area contributed by atoms with E-state index >= 15 is 0 Å². The SMILES string of the molecule is N[C@@H](CC1(c2ccc(F)cc2)C=Nc2c(O)ccc(-c3ccc(N4CCC(CN5CCC6(CC5)CN(c5ccc7c(c5)CN(C5CCC(=O)NC5=O)C7=O)C6)CC4)cc3)c21)C(=O)O. The van der Waals surface area contributed by atoms with Crippen molar-refractivity contribution >= 4 is 47.0 Å². The monoisotopic (exact) mass is 853 g/mol. The molecule has 2 unspecified atom stereocenters. The normalized spacial score (nSPS) is 23.7. The lowest BCUT2D eigenvalue weighted by Crippen LogP contribution is -2.60. The van der Waals surface area contributed by atoms with Crippen LogP contribution >= 0.6 is 0 Å². The summed E-state index contributed by atoms with van der Waals surface area (Å²) >= 11 is 0. The number of aliphatic carboxylic acids is 1. The minimum atomic E-state index is -1.23. The average Bonchev–Trinajstić information content (AvgIpc) is 3.82. The second-order valence-electron chi connectivity index (χ2n) is 18.6. The van der Waals surface area contributed by atoms with E-state index in [9.17, 15) is 33.8 Å². The predicted octanol–water partition coefficient (Wildman–Crippen LogP) is 5.58. The molecule has 6 aliphatic rings. The summed E-state index contributed by atoms with van der Waals surface area (Å²) in [5, 5.41) is 23.1. The smallest absolute Gasteiger partial charge is 0.320 e. The van der Waals surface area contributed by atoms with Crippen LogP contribution in [-0.4, -0.2) is 108 Å². The van der Waals surface area contributed by atoms with Gasteiger partial charge in [-0.3, -0.25) is 29.5 Å². The molecule has 6 aliphatic heterocycles. The first-order chi connectivity index (χ1) is 30.4. The van der Waals surface area contributed by atoms with Gasteiger partial charge in [-0.15, -0.1) is 0 Å². The summed E-state index contributed by atoms with van der Waals surface area (Å²) < 4.78 is 14.1. The van der Waals surface area contributed by atoms with E-state index in [0.29, 0.717) is 46.7 Å². The summed E-state index contributed by atoms with van der Waals surface area (Å²) in [6.07, 6.45) is 6.81. The summed E-state index contributed by atoms with van der Waals surface area (Å²) in [6.45, 7) is 7.68. The average molecular weight is 854 g/mol. The number of aliphatic imine (C=N–C) groups is 1. The van der Waals surface area contributed by atoms with Crippen molar-refractivity contribution < 1.29 is 33.8 Å². The van der Waals surface area contributed by atoms with Gasteiger partial charge < -0.3 is 35.5 Å². The fourth-order valence-electron chi connectivity index (χ4n) is 11.1. The number of likely N-dealkylation sites (tertiary alicyclic amines) is 1. The van der Waals surface area contributed by atoms with Gasteiger partial charge in [-0.05, 0) is 128 Å². The number of piperidine rings is 3. The minimum Gasteiger partial charge on any atom is -0.506 e. The number of hydrogen-bond acceptors (Lipinski definition) is 10. The zero-order valence-corrected chi connectivity index (χ0v) is 35.1. The standard InChI is InChI=1S/C49H52FN7O6/c50-34-5-3-33(4-6-34)49(24-39(51)47(62)63)27-52-44-41(58)13-11-37(43(44)49)31-1-7-35(8-2-31)55-19-15-30(16-20-55)25-54-21-17-48(18-22-54)28-56(29-48)36-9-10-38-32(23-36)26-57(46(38)61)40-12-14-42(59)53-45(40)60/h1-11,13,23,27,30,39-40,58H,12,14-22,24-26,28-29,51H2,(H,62,63)(H,53,59,60)/t39-,40?,49?/m0/s1. The van der Waals surface area contributed by atoms with Crippen molar-refractivity contribution in [3.63, 3.8) is 0 Å². The first kappa shape index (κ1) is 40.9. The predicted molar refractivity (Wildman–Crippen MR) is 237 cm³/mol. The van der Waals surface area contributed by atoms with E-state index in [4.69, 9.17) is 5.73 Å². The number of nitrogens with two attached hydrogens (primary N) is 1. The van der Waals surface area contributed by atoms with E-state index in [1.54, 1.807) is 29.3 Å². The molecule has 0 radical (unpaired) electrons. The van der Waals surface area contributed by atoms with Crippen LogP contribution in [0.3, 0.4) is 0 Å². The largest absolute Gasteiger partial charge is 0.506 e. The summed E-state index contributed by atoms with van der Waals surface area (Å²) in [5.74, 6) is -1.76. The molecule has 13 nitrogen and oxygen atoms in total. The number of benzene rings is 4. The molecule has 326 valence electrons. The third kappa shape index (κ3) is 7.42. The topological polar surface area (TPSA) is 172 Å². The Labute approximate surface area is 365 Å². The lowest BCUT2D eigenvalue weighted by Gasteiger charge is -2.55. The van der Waals surface area contributed by atoms with Gasteiger partial charge in [0.15, 0.2) is 0 Å². The van der Waals surface area contributed by atoms with E-state index in [-0.39, 0.29) is 36.3 Å². The Morgan fingerprint density at radius 1 is 0.873 bits per heavy atom. The van der Waals surface area contributed by atoms with Crippen LogP contribution in [0.1, 0.15) is 72.0 Å². The molecule has 14 heteroatoms. The fourth-order valence-corrected chi connectivity index (χ4v) is 11.1. The van der Waals surface area contributed by atoms with E-state index in [1.807, 2.05) is 18.2 Å². The van der Waals surface area contributed by atoms with Gasteiger partial charge >= 0.3 is 5.97 Å². The Kier molecular flexibility index (Phi) is 10.3. The number of phenols is 1. The maximum absolute atomic E-state index is 14.1. The molecule has 3 amide bonds. The molecular formula is C49H52FN7O6. The summed E-state index contributed by atoms with van der Waals surface area (Å²) in [6, 6.07) is 22.0. The van der Waals surface area contributed by atoms with E-state index < -0.39 is 29.3 Å². The highest BCUT2D eigenvalue weighted by Crippen LogP contribution is 2.52. The lowest BCUT2D eigenvalue weighted by atomic mass is 9.69. The molecular weight excluding hydrogens is 802 g/mol. The van der Waals surface area contributed by atoms with Crippen LogP contribution in [0.25, 0.3) is 11.1 Å². The quantitative estimate of drug-likeness (QED) is 0.148. The number of carboxylic acid groups (broad SMARTS) is 1. The van der Waals surface area contributed by atoms with Crippen LogP contribution in [0.4, 0.5) is 21.5 Å². The molecule has 6 heterocycles. The molecule has 5 N–H and O–H groups in total. The Bertz CT molecular complexity index is 2510. The number of amides is 3. The summed E-state index contributed by atoms with van der Waals surface area (Å²) in [7, 11) is 0. The highest BCUT2D eigenvalue weighted by atomic mass is 19.1.